The number of hydrogen-bond donors (Lipinski definition) is 1. The molecule has 0 saturated heterocycles. The zero-order chi connectivity index (χ0) is 27.6. The van der Waals surface area contributed by atoms with Gasteiger partial charge in [0.1, 0.15) is 30.6 Å². The first kappa shape index (κ1) is 28.2. The van der Waals surface area contributed by atoms with Crippen molar-refractivity contribution in [3.8, 4) is 23.3 Å². The SMILES string of the molecule is COc1cc(/C=C(\C#N)C(=O)Nc2ccc(OCc3ccccc3)cc2)cc(I)c1OCc1ccccc1Br. The van der Waals surface area contributed by atoms with Gasteiger partial charge in [0.05, 0.1) is 10.7 Å². The van der Waals surface area contributed by atoms with Crippen molar-refractivity contribution in [1.29, 1.82) is 5.26 Å². The molecule has 0 spiro atoms. The smallest absolute Gasteiger partial charge is 0.266 e. The number of hydrogen-bond acceptors (Lipinski definition) is 5. The molecule has 196 valence electrons. The van der Waals surface area contributed by atoms with E-state index in [4.69, 9.17) is 14.2 Å². The highest BCUT2D eigenvalue weighted by atomic mass is 127. The van der Waals surface area contributed by atoms with Crippen LogP contribution in [0.1, 0.15) is 16.7 Å². The van der Waals surface area contributed by atoms with Crippen LogP contribution in [0.25, 0.3) is 6.08 Å². The minimum Gasteiger partial charge on any atom is -0.493 e. The number of nitrogens with zero attached hydrogens (tertiary/aromatic N) is 1. The molecule has 8 heteroatoms. The van der Waals surface area contributed by atoms with E-state index in [0.717, 1.165) is 19.2 Å². The molecule has 39 heavy (non-hydrogen) atoms. The normalized spacial score (nSPS) is 10.9. The second kappa shape index (κ2) is 13.8. The third-order valence-corrected chi connectivity index (χ3v) is 7.19. The summed E-state index contributed by atoms with van der Waals surface area (Å²) in [5.74, 6) is 1.25. The maximum Gasteiger partial charge on any atom is 0.266 e. The van der Waals surface area contributed by atoms with Crippen molar-refractivity contribution in [2.45, 2.75) is 13.2 Å². The molecule has 4 aromatic carbocycles. The van der Waals surface area contributed by atoms with Crippen molar-refractivity contribution < 1.29 is 19.0 Å². The highest BCUT2D eigenvalue weighted by molar-refractivity contribution is 14.1. The lowest BCUT2D eigenvalue weighted by atomic mass is 10.1. The first-order chi connectivity index (χ1) is 19.0. The van der Waals surface area contributed by atoms with Gasteiger partial charge in [-0.3, -0.25) is 4.79 Å². The highest BCUT2D eigenvalue weighted by Crippen LogP contribution is 2.35. The van der Waals surface area contributed by atoms with Crippen molar-refractivity contribution in [2.24, 2.45) is 0 Å². The van der Waals surface area contributed by atoms with E-state index < -0.39 is 5.91 Å². The minimum atomic E-state index is -0.515. The Labute approximate surface area is 249 Å². The molecular weight excluding hydrogens is 671 g/mol. The molecule has 4 aromatic rings. The minimum absolute atomic E-state index is 0.0425. The first-order valence-corrected chi connectivity index (χ1v) is 13.8. The molecule has 0 saturated carbocycles. The van der Waals surface area contributed by atoms with Crippen LogP contribution < -0.4 is 19.5 Å². The summed E-state index contributed by atoms with van der Waals surface area (Å²) in [5, 5.41) is 12.4. The molecule has 0 aromatic heterocycles. The molecule has 6 nitrogen and oxygen atoms in total. The van der Waals surface area contributed by atoms with Gasteiger partial charge >= 0.3 is 0 Å². The first-order valence-electron chi connectivity index (χ1n) is 11.9. The standard InChI is InChI=1S/C31H24BrIN2O4/c1-37-29-17-22(16-28(33)30(29)39-20-23-9-5-6-10-27(23)32)15-24(18-34)31(36)35-25-11-13-26(14-12-25)38-19-21-7-3-2-4-8-21/h2-17H,19-20H2,1H3,(H,35,36)/b24-15+. The summed E-state index contributed by atoms with van der Waals surface area (Å²) in [4.78, 5) is 12.8. The highest BCUT2D eigenvalue weighted by Gasteiger charge is 2.15. The number of methoxy groups -OCH3 is 1. The molecule has 0 bridgehead atoms. The Morgan fingerprint density at radius 3 is 2.38 bits per heavy atom. The Kier molecular flexibility index (Phi) is 10.00. The molecule has 0 unspecified atom stereocenters. The zero-order valence-electron chi connectivity index (χ0n) is 21.0. The number of ether oxygens (including phenoxy) is 3. The van der Waals surface area contributed by atoms with Crippen LogP contribution in [0.5, 0.6) is 17.2 Å². The van der Waals surface area contributed by atoms with Gasteiger partial charge in [0, 0.05) is 15.7 Å². The Morgan fingerprint density at radius 1 is 0.974 bits per heavy atom. The fourth-order valence-corrected chi connectivity index (χ4v) is 4.80. The molecule has 0 aliphatic heterocycles. The van der Waals surface area contributed by atoms with Gasteiger partial charge in [-0.05, 0) is 82.3 Å². The second-order valence-electron chi connectivity index (χ2n) is 8.34. The molecule has 0 radical (unpaired) electrons. The van der Waals surface area contributed by atoms with Gasteiger partial charge in [-0.2, -0.15) is 5.26 Å². The van der Waals surface area contributed by atoms with Gasteiger partial charge in [0.25, 0.3) is 5.91 Å². The van der Waals surface area contributed by atoms with Crippen LogP contribution in [0, 0.1) is 14.9 Å². The van der Waals surface area contributed by atoms with Crippen molar-refractivity contribution in [2.75, 3.05) is 12.4 Å². The quantitative estimate of drug-likeness (QED) is 0.104. The van der Waals surface area contributed by atoms with Gasteiger partial charge in [-0.1, -0.05) is 64.5 Å². The zero-order valence-corrected chi connectivity index (χ0v) is 24.7. The van der Waals surface area contributed by atoms with E-state index in [2.05, 4.69) is 43.8 Å². The predicted octanol–water partition coefficient (Wildman–Crippen LogP) is 7.77. The maximum absolute atomic E-state index is 12.8. The van der Waals surface area contributed by atoms with Crippen LogP contribution in [0.15, 0.2) is 101 Å². The third-order valence-electron chi connectivity index (χ3n) is 5.62. The molecule has 4 rings (SSSR count). The van der Waals surface area contributed by atoms with E-state index >= 15 is 0 Å². The number of amides is 1. The molecule has 1 N–H and O–H groups in total. The largest absolute Gasteiger partial charge is 0.493 e. The number of anilines is 1. The summed E-state index contributed by atoms with van der Waals surface area (Å²) >= 11 is 5.68. The van der Waals surface area contributed by atoms with Crippen LogP contribution in [-0.4, -0.2) is 13.0 Å². The van der Waals surface area contributed by atoms with Crippen LogP contribution >= 0.6 is 38.5 Å². The van der Waals surface area contributed by atoms with E-state index in [1.165, 1.54) is 6.08 Å². The fourth-order valence-electron chi connectivity index (χ4n) is 3.62. The van der Waals surface area contributed by atoms with Crippen molar-refractivity contribution in [1.82, 2.24) is 0 Å². The molecule has 0 atom stereocenters. The molecule has 0 heterocycles. The van der Waals surface area contributed by atoms with Crippen molar-refractivity contribution in [3.63, 3.8) is 0 Å². The Hall–Kier alpha value is -3.81. The number of benzene rings is 4. The van der Waals surface area contributed by atoms with Crippen LogP contribution in [0.4, 0.5) is 5.69 Å². The fraction of sp³-hybridized carbons (Fsp3) is 0.0968. The monoisotopic (exact) mass is 694 g/mol. The number of carbonyl (C=O) groups is 1. The van der Waals surface area contributed by atoms with Gasteiger partial charge < -0.3 is 19.5 Å². The van der Waals surface area contributed by atoms with E-state index in [0.29, 0.717) is 41.7 Å². The number of halogens is 2. The lowest BCUT2D eigenvalue weighted by molar-refractivity contribution is -0.112. The number of carbonyl (C=O) groups excluding carboxylic acids is 1. The Balaban J connectivity index is 1.43. The van der Waals surface area contributed by atoms with E-state index in [9.17, 15) is 10.1 Å². The van der Waals surface area contributed by atoms with Crippen LogP contribution in [-0.2, 0) is 18.0 Å². The van der Waals surface area contributed by atoms with E-state index in [1.54, 1.807) is 37.4 Å². The molecule has 0 aliphatic rings. The summed E-state index contributed by atoms with van der Waals surface area (Å²) in [5.41, 5.74) is 3.21. The second-order valence-corrected chi connectivity index (χ2v) is 10.4. The average Bonchev–Trinajstić information content (AvgIpc) is 2.96. The third kappa shape index (κ3) is 7.85. The summed E-state index contributed by atoms with van der Waals surface area (Å²) in [7, 11) is 1.55. The summed E-state index contributed by atoms with van der Waals surface area (Å²) in [6.07, 6.45) is 1.52. The van der Waals surface area contributed by atoms with Gasteiger partial charge in [0.15, 0.2) is 11.5 Å². The molecular formula is C31H24BrIN2O4. The molecule has 1 amide bonds. The van der Waals surface area contributed by atoms with Gasteiger partial charge in [-0.25, -0.2) is 0 Å². The summed E-state index contributed by atoms with van der Waals surface area (Å²) in [6, 6.07) is 30.3. The summed E-state index contributed by atoms with van der Waals surface area (Å²) in [6.45, 7) is 0.800. The Bertz CT molecular complexity index is 1520. The van der Waals surface area contributed by atoms with Crippen molar-refractivity contribution in [3.05, 3.63) is 121 Å². The maximum atomic E-state index is 12.8. The number of nitrogens with one attached hydrogen (secondary N) is 1. The predicted molar refractivity (Wildman–Crippen MR) is 164 cm³/mol. The molecule has 0 fully saturated rings. The Morgan fingerprint density at radius 2 is 1.69 bits per heavy atom. The summed E-state index contributed by atoms with van der Waals surface area (Å²) < 4.78 is 19.1. The van der Waals surface area contributed by atoms with Crippen molar-refractivity contribution >= 4 is 56.2 Å². The topological polar surface area (TPSA) is 80.6 Å². The van der Waals surface area contributed by atoms with Crippen LogP contribution in [0.2, 0.25) is 0 Å². The van der Waals surface area contributed by atoms with Crippen LogP contribution in [0.3, 0.4) is 0 Å². The lowest BCUT2D eigenvalue weighted by Crippen LogP contribution is -2.13. The number of rotatable bonds is 10. The lowest BCUT2D eigenvalue weighted by Gasteiger charge is -2.14. The molecule has 0 aliphatic carbocycles. The van der Waals surface area contributed by atoms with E-state index in [1.807, 2.05) is 66.7 Å². The number of nitriles is 1. The van der Waals surface area contributed by atoms with Gasteiger partial charge in [0.2, 0.25) is 0 Å². The average molecular weight is 695 g/mol. The van der Waals surface area contributed by atoms with E-state index in [-0.39, 0.29) is 5.57 Å². The van der Waals surface area contributed by atoms with Gasteiger partial charge in [-0.15, -0.1) is 0 Å².